The minimum absolute atomic E-state index is 0.106. The molecule has 0 amide bonds. The number of hydrogen-bond donors (Lipinski definition) is 3. The van der Waals surface area contributed by atoms with Crippen LogP contribution in [0.4, 0.5) is 5.69 Å². The van der Waals surface area contributed by atoms with E-state index in [1.165, 1.54) is 0 Å². The number of benzene rings is 1. The van der Waals surface area contributed by atoms with Crippen molar-refractivity contribution in [2.75, 3.05) is 5.32 Å². The highest BCUT2D eigenvalue weighted by Crippen LogP contribution is 2.20. The summed E-state index contributed by atoms with van der Waals surface area (Å²) in [5.41, 5.74) is 2.21. The van der Waals surface area contributed by atoms with Crippen LogP contribution in [-0.4, -0.2) is 20.1 Å². The van der Waals surface area contributed by atoms with Gasteiger partial charge in [-0.2, -0.15) is 4.98 Å². The predicted molar refractivity (Wildman–Crippen MR) is 83.9 cm³/mol. The van der Waals surface area contributed by atoms with Gasteiger partial charge in [0.25, 0.3) is 0 Å². The number of H-pyrrole nitrogens is 2. The first-order chi connectivity index (χ1) is 10.7. The van der Waals surface area contributed by atoms with Crippen molar-refractivity contribution in [2.24, 2.45) is 0 Å². The van der Waals surface area contributed by atoms with Crippen molar-refractivity contribution in [3.8, 4) is 0 Å². The average Bonchev–Trinajstić information content (AvgIpc) is 3.10. The first kappa shape index (κ1) is 14.4. The van der Waals surface area contributed by atoms with E-state index in [2.05, 4.69) is 32.3 Å². The van der Waals surface area contributed by atoms with E-state index in [0.717, 1.165) is 41.8 Å². The first-order valence-electron chi connectivity index (χ1n) is 7.47. The summed E-state index contributed by atoms with van der Waals surface area (Å²) in [5, 5.41) is 7.29. The summed E-state index contributed by atoms with van der Waals surface area (Å²) < 4.78 is 5.30. The second-order valence-corrected chi connectivity index (χ2v) is 5.36. The largest absolute Gasteiger partial charge is 0.374 e. The van der Waals surface area contributed by atoms with Crippen LogP contribution in [-0.2, 0) is 6.42 Å². The van der Waals surface area contributed by atoms with Gasteiger partial charge in [0.15, 0.2) is 5.82 Å². The maximum atomic E-state index is 11.3. The Morgan fingerprint density at radius 1 is 1.32 bits per heavy atom. The zero-order valence-corrected chi connectivity index (χ0v) is 12.6. The number of nitrogens with zero attached hydrogens (tertiary/aromatic N) is 2. The highest BCUT2D eigenvalue weighted by molar-refractivity contribution is 5.78. The molecule has 1 unspecified atom stereocenters. The molecule has 3 aromatic rings. The van der Waals surface area contributed by atoms with E-state index in [1.807, 2.05) is 25.1 Å². The van der Waals surface area contributed by atoms with Gasteiger partial charge in [0, 0.05) is 12.1 Å². The Labute approximate surface area is 127 Å². The molecule has 0 radical (unpaired) electrons. The van der Waals surface area contributed by atoms with E-state index in [1.54, 1.807) is 0 Å². The van der Waals surface area contributed by atoms with Crippen LogP contribution in [0.25, 0.3) is 11.0 Å². The Kier molecular flexibility index (Phi) is 3.95. The highest BCUT2D eigenvalue weighted by atomic mass is 16.5. The van der Waals surface area contributed by atoms with Crippen LogP contribution < -0.4 is 11.0 Å². The lowest BCUT2D eigenvalue weighted by molar-refractivity contribution is 0.362. The summed E-state index contributed by atoms with van der Waals surface area (Å²) in [6, 6.07) is 5.52. The van der Waals surface area contributed by atoms with Gasteiger partial charge in [0.1, 0.15) is 6.04 Å². The fourth-order valence-corrected chi connectivity index (χ4v) is 2.31. The molecule has 3 N–H and O–H groups in total. The van der Waals surface area contributed by atoms with Gasteiger partial charge in [-0.15, -0.1) is 0 Å². The van der Waals surface area contributed by atoms with Crippen LogP contribution in [0.1, 0.15) is 44.4 Å². The van der Waals surface area contributed by atoms with Crippen LogP contribution in [0.15, 0.2) is 27.5 Å². The number of aromatic nitrogens is 4. The zero-order valence-electron chi connectivity index (χ0n) is 12.6. The molecular formula is C15H19N5O2. The third kappa shape index (κ3) is 3.03. The number of aromatic amines is 2. The third-order valence-corrected chi connectivity index (χ3v) is 3.51. The lowest BCUT2D eigenvalue weighted by Crippen LogP contribution is -2.07. The van der Waals surface area contributed by atoms with Crippen LogP contribution in [0.5, 0.6) is 0 Å². The summed E-state index contributed by atoms with van der Waals surface area (Å²) in [4.78, 5) is 21.1. The molecule has 1 atom stereocenters. The molecule has 0 aliphatic carbocycles. The number of unbranched alkanes of at least 4 members (excludes halogenated alkanes) is 1. The number of anilines is 1. The molecule has 7 heteroatoms. The summed E-state index contributed by atoms with van der Waals surface area (Å²) >= 11 is 0. The van der Waals surface area contributed by atoms with Crippen molar-refractivity contribution >= 4 is 16.7 Å². The zero-order chi connectivity index (χ0) is 15.5. The smallest absolute Gasteiger partial charge is 0.323 e. The second kappa shape index (κ2) is 6.05. The summed E-state index contributed by atoms with van der Waals surface area (Å²) in [5.74, 6) is 1.31. The predicted octanol–water partition coefficient (Wildman–Crippen LogP) is 2.75. The van der Waals surface area contributed by atoms with Gasteiger partial charge in [-0.1, -0.05) is 18.5 Å². The van der Waals surface area contributed by atoms with Gasteiger partial charge >= 0.3 is 5.69 Å². The average molecular weight is 301 g/mol. The second-order valence-electron chi connectivity index (χ2n) is 5.36. The molecule has 0 saturated carbocycles. The number of hydrogen-bond acceptors (Lipinski definition) is 5. The lowest BCUT2D eigenvalue weighted by atomic mass is 10.2. The van der Waals surface area contributed by atoms with Gasteiger partial charge in [-0.05, 0) is 31.5 Å². The van der Waals surface area contributed by atoms with Crippen molar-refractivity contribution in [3.05, 3.63) is 40.4 Å². The quantitative estimate of drug-likeness (QED) is 0.650. The van der Waals surface area contributed by atoms with Gasteiger partial charge in [-0.25, -0.2) is 4.79 Å². The Morgan fingerprint density at radius 3 is 2.95 bits per heavy atom. The number of nitrogens with one attached hydrogen (secondary N) is 3. The molecule has 7 nitrogen and oxygen atoms in total. The molecule has 2 heterocycles. The van der Waals surface area contributed by atoms with E-state index >= 15 is 0 Å². The maximum absolute atomic E-state index is 11.3. The Hall–Kier alpha value is -2.57. The summed E-state index contributed by atoms with van der Waals surface area (Å²) in [6.45, 7) is 4.09. The van der Waals surface area contributed by atoms with Crippen molar-refractivity contribution < 1.29 is 4.52 Å². The van der Waals surface area contributed by atoms with Gasteiger partial charge in [0.2, 0.25) is 5.89 Å². The summed E-state index contributed by atoms with van der Waals surface area (Å²) in [7, 11) is 0. The number of aryl methyl sites for hydroxylation is 1. The van der Waals surface area contributed by atoms with Crippen molar-refractivity contribution in [2.45, 2.75) is 39.2 Å². The standard InChI is InChI=1S/C15H19N5O2/c1-3-4-5-13-19-14(22-20-13)9(2)16-10-6-7-11-12(8-10)18-15(21)17-11/h6-9,16H,3-5H2,1-2H3,(H2,17,18,21). The molecule has 0 aliphatic heterocycles. The van der Waals surface area contributed by atoms with Crippen LogP contribution in [0.2, 0.25) is 0 Å². The molecule has 0 saturated heterocycles. The van der Waals surface area contributed by atoms with E-state index in [-0.39, 0.29) is 11.7 Å². The Balaban J connectivity index is 1.72. The van der Waals surface area contributed by atoms with E-state index in [4.69, 9.17) is 4.52 Å². The van der Waals surface area contributed by atoms with Crippen molar-refractivity contribution in [1.29, 1.82) is 0 Å². The van der Waals surface area contributed by atoms with E-state index in [0.29, 0.717) is 5.89 Å². The summed E-state index contributed by atoms with van der Waals surface area (Å²) in [6.07, 6.45) is 2.99. The molecule has 0 aliphatic rings. The fourth-order valence-electron chi connectivity index (χ4n) is 2.31. The minimum Gasteiger partial charge on any atom is -0.374 e. The first-order valence-corrected chi connectivity index (χ1v) is 7.47. The Morgan fingerprint density at radius 2 is 2.14 bits per heavy atom. The van der Waals surface area contributed by atoms with Crippen molar-refractivity contribution in [3.63, 3.8) is 0 Å². The number of rotatable bonds is 6. The normalized spacial score (nSPS) is 12.6. The molecule has 116 valence electrons. The van der Waals surface area contributed by atoms with E-state index < -0.39 is 0 Å². The molecule has 0 spiro atoms. The Bertz CT molecular complexity index is 817. The van der Waals surface area contributed by atoms with E-state index in [9.17, 15) is 4.79 Å². The number of imidazole rings is 1. The molecular weight excluding hydrogens is 282 g/mol. The van der Waals surface area contributed by atoms with Crippen molar-refractivity contribution in [1.82, 2.24) is 20.1 Å². The van der Waals surface area contributed by atoms with Gasteiger partial charge in [-0.3, -0.25) is 0 Å². The minimum atomic E-state index is -0.210. The monoisotopic (exact) mass is 301 g/mol. The topological polar surface area (TPSA) is 99.6 Å². The number of fused-ring (bicyclic) bond motifs is 1. The molecule has 0 fully saturated rings. The molecule has 3 rings (SSSR count). The maximum Gasteiger partial charge on any atom is 0.323 e. The third-order valence-electron chi connectivity index (χ3n) is 3.51. The van der Waals surface area contributed by atoms with Crippen LogP contribution in [0.3, 0.4) is 0 Å². The van der Waals surface area contributed by atoms with Crippen LogP contribution in [0, 0.1) is 0 Å². The molecule has 0 bridgehead atoms. The fraction of sp³-hybridized carbons (Fsp3) is 0.400. The SMILES string of the molecule is CCCCc1noc(C(C)Nc2ccc3[nH]c(=O)[nH]c3c2)n1. The van der Waals surface area contributed by atoms with Crippen LogP contribution >= 0.6 is 0 Å². The van der Waals surface area contributed by atoms with Gasteiger partial charge in [0.05, 0.1) is 11.0 Å². The highest BCUT2D eigenvalue weighted by Gasteiger charge is 2.14. The molecule has 1 aromatic carbocycles. The van der Waals surface area contributed by atoms with Gasteiger partial charge < -0.3 is 19.8 Å². The molecule has 2 aromatic heterocycles. The molecule has 22 heavy (non-hydrogen) atoms. The lowest BCUT2D eigenvalue weighted by Gasteiger charge is -2.10.